The van der Waals surface area contributed by atoms with Crippen molar-refractivity contribution in [3.8, 4) is 0 Å². The molecule has 0 aromatic heterocycles. The summed E-state index contributed by atoms with van der Waals surface area (Å²) in [4.78, 5) is 38.4. The van der Waals surface area contributed by atoms with Crippen molar-refractivity contribution in [3.63, 3.8) is 0 Å². The molecule has 0 bridgehead atoms. The minimum absolute atomic E-state index is 0.0700. The third-order valence-electron chi connectivity index (χ3n) is 16.2. The number of carbonyl (C=O) groups is 3. The fraction of sp³-hybridized carbons (Fsp3) is 0.829. The van der Waals surface area contributed by atoms with Gasteiger partial charge in [0.2, 0.25) is 0 Å². The van der Waals surface area contributed by atoms with Crippen molar-refractivity contribution in [1.82, 2.24) is 0 Å². The lowest BCUT2D eigenvalue weighted by molar-refractivity contribution is -0.167. The molecule has 478 valence electrons. The van der Waals surface area contributed by atoms with Gasteiger partial charge in [0.05, 0.1) is 0 Å². The highest BCUT2D eigenvalue weighted by Gasteiger charge is 2.19. The molecule has 1 unspecified atom stereocenters. The van der Waals surface area contributed by atoms with Gasteiger partial charge in [-0.05, 0) is 89.9 Å². The summed E-state index contributed by atoms with van der Waals surface area (Å²) in [5, 5.41) is 0. The van der Waals surface area contributed by atoms with E-state index >= 15 is 0 Å². The lowest BCUT2D eigenvalue weighted by Crippen LogP contribution is -2.30. The van der Waals surface area contributed by atoms with Gasteiger partial charge >= 0.3 is 17.9 Å². The van der Waals surface area contributed by atoms with Crippen LogP contribution in [0.1, 0.15) is 387 Å². The van der Waals surface area contributed by atoms with Crippen molar-refractivity contribution < 1.29 is 28.6 Å². The van der Waals surface area contributed by atoms with Gasteiger partial charge in [-0.15, -0.1) is 0 Å². The van der Waals surface area contributed by atoms with Gasteiger partial charge < -0.3 is 14.2 Å². The first-order valence-corrected chi connectivity index (χ1v) is 36.3. The molecule has 0 aliphatic rings. The van der Waals surface area contributed by atoms with Crippen LogP contribution >= 0.6 is 0 Å². The Morgan fingerprint density at radius 1 is 0.244 bits per heavy atom. The third-order valence-corrected chi connectivity index (χ3v) is 16.2. The highest BCUT2D eigenvalue weighted by molar-refractivity contribution is 5.71. The summed E-state index contributed by atoms with van der Waals surface area (Å²) < 4.78 is 17.0. The van der Waals surface area contributed by atoms with Crippen LogP contribution in [0.5, 0.6) is 0 Å². The molecule has 0 N–H and O–H groups in total. The van der Waals surface area contributed by atoms with Crippen molar-refractivity contribution >= 4 is 17.9 Å². The van der Waals surface area contributed by atoms with E-state index < -0.39 is 6.10 Å². The number of allylic oxidation sites excluding steroid dienone is 10. The van der Waals surface area contributed by atoms with E-state index in [1.165, 1.54) is 270 Å². The summed E-state index contributed by atoms with van der Waals surface area (Å²) in [5.74, 6) is -0.850. The fourth-order valence-electron chi connectivity index (χ4n) is 10.8. The van der Waals surface area contributed by atoms with Crippen LogP contribution in [-0.4, -0.2) is 37.2 Å². The van der Waals surface area contributed by atoms with Crippen LogP contribution in [0.2, 0.25) is 0 Å². The Balaban J connectivity index is 4.13. The van der Waals surface area contributed by atoms with Gasteiger partial charge in [-0.1, -0.05) is 338 Å². The normalized spacial score (nSPS) is 12.4. The summed E-state index contributed by atoms with van der Waals surface area (Å²) in [6.45, 7) is 6.66. The lowest BCUT2D eigenvalue weighted by atomic mass is 10.0. The number of unbranched alkanes of at least 4 members (excludes halogenated alkanes) is 46. The van der Waals surface area contributed by atoms with E-state index in [9.17, 15) is 14.4 Å². The van der Waals surface area contributed by atoms with Crippen LogP contribution in [0.4, 0.5) is 0 Å². The van der Waals surface area contributed by atoms with Gasteiger partial charge in [-0.25, -0.2) is 0 Å². The van der Waals surface area contributed by atoms with Crippen molar-refractivity contribution in [2.24, 2.45) is 0 Å². The Morgan fingerprint density at radius 2 is 0.439 bits per heavy atom. The van der Waals surface area contributed by atoms with Gasteiger partial charge in [-0.3, -0.25) is 14.4 Å². The molecule has 6 nitrogen and oxygen atoms in total. The van der Waals surface area contributed by atoms with Gasteiger partial charge in [0.1, 0.15) is 13.2 Å². The molecule has 0 heterocycles. The zero-order valence-electron chi connectivity index (χ0n) is 55.0. The van der Waals surface area contributed by atoms with Crippen LogP contribution < -0.4 is 0 Å². The predicted octanol–water partition coefficient (Wildman–Crippen LogP) is 25.1. The van der Waals surface area contributed by atoms with Crippen molar-refractivity contribution in [3.05, 3.63) is 60.8 Å². The molecule has 0 spiro atoms. The molecule has 6 heteroatoms. The molecule has 0 saturated heterocycles. The first-order chi connectivity index (χ1) is 40.5. The number of hydrogen-bond donors (Lipinski definition) is 0. The second kappa shape index (κ2) is 70.6. The van der Waals surface area contributed by atoms with Crippen molar-refractivity contribution in [1.29, 1.82) is 0 Å². The lowest BCUT2D eigenvalue weighted by Gasteiger charge is -2.18. The van der Waals surface area contributed by atoms with E-state index in [0.717, 1.165) is 77.0 Å². The van der Waals surface area contributed by atoms with Crippen LogP contribution in [0, 0.1) is 0 Å². The fourth-order valence-corrected chi connectivity index (χ4v) is 10.8. The van der Waals surface area contributed by atoms with Crippen molar-refractivity contribution in [2.75, 3.05) is 13.2 Å². The van der Waals surface area contributed by atoms with Gasteiger partial charge in [-0.2, -0.15) is 0 Å². The van der Waals surface area contributed by atoms with Crippen LogP contribution in [0.15, 0.2) is 60.8 Å². The molecule has 0 aliphatic carbocycles. The number of carbonyl (C=O) groups excluding carboxylic acids is 3. The maximum Gasteiger partial charge on any atom is 0.306 e. The molecule has 0 rings (SSSR count). The monoisotopic (exact) mass is 1150 g/mol. The van der Waals surface area contributed by atoms with Gasteiger partial charge in [0.25, 0.3) is 0 Å². The highest BCUT2D eigenvalue weighted by atomic mass is 16.6. The van der Waals surface area contributed by atoms with E-state index in [0.29, 0.717) is 19.3 Å². The standard InChI is InChI=1S/C76H138O6/c1-4-7-10-13-16-19-22-24-26-28-30-32-34-35-36-37-38-39-40-41-43-44-46-48-50-52-54-57-60-63-66-69-75(78)81-72-73(71-80-74(77)68-65-62-59-56-21-18-15-12-9-6-3)82-76(79)70-67-64-61-58-55-53-51-49-47-45-42-33-31-29-27-25-23-20-17-14-11-8-5-2/h22-25,28-31,34-35,73H,4-21,26-27,32-33,36-72H2,1-3H3/b24-22-,25-23-,30-28-,31-29-,35-34-. The number of hydrogen-bond acceptors (Lipinski definition) is 6. The summed E-state index contributed by atoms with van der Waals surface area (Å²) in [7, 11) is 0. The van der Waals surface area contributed by atoms with E-state index in [2.05, 4.69) is 81.5 Å². The zero-order valence-corrected chi connectivity index (χ0v) is 55.0. The Morgan fingerprint density at radius 3 is 0.683 bits per heavy atom. The smallest absolute Gasteiger partial charge is 0.306 e. The van der Waals surface area contributed by atoms with Gasteiger partial charge in [0, 0.05) is 19.3 Å². The SMILES string of the molecule is CCCCCCC/C=C\C/C=C\C/C=C\CCCCCCCCCCCCCCCCCCC(=O)OCC(COC(=O)CCCCCCCCCCCC)OC(=O)CCCCCCCCCCCCC/C=C\C/C=C\CCCCCCC. The molecular weight excluding hydrogens is 1010 g/mol. The predicted molar refractivity (Wildman–Crippen MR) is 358 cm³/mol. The summed E-state index contributed by atoms with van der Waals surface area (Å²) >= 11 is 0. The second-order valence-corrected chi connectivity index (χ2v) is 24.5. The zero-order chi connectivity index (χ0) is 59.2. The number of ether oxygens (including phenoxy) is 3. The quantitative estimate of drug-likeness (QED) is 0.0261. The Hall–Kier alpha value is -2.89. The molecule has 1 atom stereocenters. The topological polar surface area (TPSA) is 78.9 Å². The van der Waals surface area contributed by atoms with E-state index in [1.807, 2.05) is 0 Å². The average molecular weight is 1150 g/mol. The average Bonchev–Trinajstić information content (AvgIpc) is 3.47. The molecule has 0 amide bonds. The summed E-state index contributed by atoms with van der Waals surface area (Å²) in [5.41, 5.74) is 0. The van der Waals surface area contributed by atoms with Crippen LogP contribution in [0.3, 0.4) is 0 Å². The minimum atomic E-state index is -0.773. The second-order valence-electron chi connectivity index (χ2n) is 24.5. The molecular formula is C76H138O6. The van der Waals surface area contributed by atoms with E-state index in [1.54, 1.807) is 0 Å². The Labute approximate surface area is 510 Å². The Bertz CT molecular complexity index is 1460. The molecule has 0 saturated carbocycles. The molecule has 82 heavy (non-hydrogen) atoms. The van der Waals surface area contributed by atoms with Gasteiger partial charge in [0.15, 0.2) is 6.10 Å². The van der Waals surface area contributed by atoms with Crippen molar-refractivity contribution in [2.45, 2.75) is 393 Å². The van der Waals surface area contributed by atoms with Crippen LogP contribution in [0.25, 0.3) is 0 Å². The van der Waals surface area contributed by atoms with E-state index in [-0.39, 0.29) is 31.1 Å². The van der Waals surface area contributed by atoms with Crippen LogP contribution in [-0.2, 0) is 28.6 Å². The number of rotatable bonds is 67. The summed E-state index contributed by atoms with van der Waals surface area (Å²) in [6, 6.07) is 0. The maximum atomic E-state index is 12.9. The molecule has 0 aromatic rings. The molecule has 0 fully saturated rings. The largest absolute Gasteiger partial charge is 0.462 e. The van der Waals surface area contributed by atoms with E-state index in [4.69, 9.17) is 14.2 Å². The third kappa shape index (κ3) is 67.9. The molecule has 0 aliphatic heterocycles. The molecule has 0 aromatic carbocycles. The minimum Gasteiger partial charge on any atom is -0.462 e. The first-order valence-electron chi connectivity index (χ1n) is 36.3. The highest BCUT2D eigenvalue weighted by Crippen LogP contribution is 2.18. The molecule has 0 radical (unpaired) electrons. The maximum absolute atomic E-state index is 12.9. The Kier molecular flexibility index (Phi) is 68.1. The number of esters is 3. The first kappa shape index (κ1) is 79.1. The summed E-state index contributed by atoms with van der Waals surface area (Å²) in [6.07, 6.45) is 91.2.